The highest BCUT2D eigenvalue weighted by atomic mass is 35.5. The maximum Gasteiger partial charge on any atom is 0.243 e. The molecule has 0 atom stereocenters. The number of benzene rings is 2. The van der Waals surface area contributed by atoms with Crippen molar-refractivity contribution in [3.05, 3.63) is 59.1 Å². The van der Waals surface area contributed by atoms with E-state index in [0.29, 0.717) is 35.4 Å². The molecule has 1 aliphatic heterocycles. The molecule has 2 aromatic carbocycles. The molecule has 0 radical (unpaired) electrons. The van der Waals surface area contributed by atoms with Crippen molar-refractivity contribution >= 4 is 21.6 Å². The Labute approximate surface area is 166 Å². The van der Waals surface area contributed by atoms with Crippen molar-refractivity contribution < 1.29 is 18.1 Å². The van der Waals surface area contributed by atoms with E-state index in [1.807, 2.05) is 43.3 Å². The monoisotopic (exact) mass is 409 g/mol. The molecule has 0 amide bonds. The van der Waals surface area contributed by atoms with Crippen LogP contribution in [0.1, 0.15) is 12.0 Å². The summed E-state index contributed by atoms with van der Waals surface area (Å²) >= 11 is 6.08. The molecule has 2 aromatic rings. The minimum absolute atomic E-state index is 0.379. The molecule has 7 heteroatoms. The molecule has 1 aliphatic rings. The predicted octanol–water partition coefficient (Wildman–Crippen LogP) is 2.01. The summed E-state index contributed by atoms with van der Waals surface area (Å²) in [7, 11) is -3.39. The van der Waals surface area contributed by atoms with Crippen molar-refractivity contribution in [3.63, 3.8) is 0 Å². The van der Waals surface area contributed by atoms with Gasteiger partial charge in [-0.1, -0.05) is 41.4 Å². The van der Waals surface area contributed by atoms with Gasteiger partial charge in [-0.3, -0.25) is 0 Å². The van der Waals surface area contributed by atoms with Crippen LogP contribution in [0, 0.1) is 6.92 Å². The zero-order valence-corrected chi connectivity index (χ0v) is 17.1. The first-order valence-electron chi connectivity index (χ1n) is 9.24. The average molecular weight is 410 g/mol. The molecule has 0 spiro atoms. The molecule has 0 saturated carbocycles. The van der Waals surface area contributed by atoms with Gasteiger partial charge in [0, 0.05) is 6.42 Å². The summed E-state index contributed by atoms with van der Waals surface area (Å²) in [6, 6.07) is 14.5. The van der Waals surface area contributed by atoms with E-state index < -0.39 is 10.0 Å². The van der Waals surface area contributed by atoms with Crippen LogP contribution in [-0.2, 0) is 10.0 Å². The Morgan fingerprint density at radius 3 is 2.41 bits per heavy atom. The predicted molar refractivity (Wildman–Crippen MR) is 107 cm³/mol. The van der Waals surface area contributed by atoms with E-state index in [9.17, 15) is 8.42 Å². The molecular formula is C20H26ClN2O3S+. The number of rotatable bonds is 7. The molecule has 1 saturated heterocycles. The standard InChI is InChI=1S/C20H25ClN2O3S/c1-17-7-9-18(10-8-17)27(24,25)23-14-12-22(13-15-23)11-4-16-26-20-6-3-2-5-19(20)21/h2-3,5-10H,4,11-16H2,1H3/p+1. The summed E-state index contributed by atoms with van der Waals surface area (Å²) in [5.41, 5.74) is 1.06. The normalized spacial score (nSPS) is 16.4. The van der Waals surface area contributed by atoms with Crippen LogP contribution in [0.15, 0.2) is 53.4 Å². The van der Waals surface area contributed by atoms with E-state index in [1.54, 1.807) is 16.4 Å². The molecule has 3 rings (SSSR count). The molecule has 0 unspecified atom stereocenters. The first-order valence-corrected chi connectivity index (χ1v) is 11.1. The largest absolute Gasteiger partial charge is 0.492 e. The van der Waals surface area contributed by atoms with Crippen LogP contribution in [-0.4, -0.2) is 52.1 Å². The van der Waals surface area contributed by atoms with Gasteiger partial charge >= 0.3 is 0 Å². The third-order valence-corrected chi connectivity index (χ3v) is 7.08. The van der Waals surface area contributed by atoms with E-state index in [-0.39, 0.29) is 0 Å². The first kappa shape index (κ1) is 20.1. The minimum Gasteiger partial charge on any atom is -0.492 e. The van der Waals surface area contributed by atoms with E-state index in [4.69, 9.17) is 16.3 Å². The molecular weight excluding hydrogens is 384 g/mol. The summed E-state index contributed by atoms with van der Waals surface area (Å²) < 4.78 is 32.8. The number of ether oxygens (including phenoxy) is 1. The maximum absolute atomic E-state index is 12.7. The molecule has 146 valence electrons. The second kappa shape index (κ2) is 9.06. The lowest BCUT2D eigenvalue weighted by Crippen LogP contribution is -3.14. The first-order chi connectivity index (χ1) is 13.0. The van der Waals surface area contributed by atoms with Crippen molar-refractivity contribution in [2.24, 2.45) is 0 Å². The molecule has 0 aliphatic carbocycles. The Balaban J connectivity index is 1.43. The third-order valence-electron chi connectivity index (χ3n) is 4.86. The van der Waals surface area contributed by atoms with Crippen molar-refractivity contribution in [2.45, 2.75) is 18.2 Å². The molecule has 1 heterocycles. The molecule has 5 nitrogen and oxygen atoms in total. The summed E-state index contributed by atoms with van der Waals surface area (Å²) in [4.78, 5) is 1.79. The van der Waals surface area contributed by atoms with Crippen LogP contribution in [0.25, 0.3) is 0 Å². The van der Waals surface area contributed by atoms with Crippen LogP contribution in [0.5, 0.6) is 5.75 Å². The Morgan fingerprint density at radius 2 is 1.74 bits per heavy atom. The molecule has 0 aromatic heterocycles. The van der Waals surface area contributed by atoms with E-state index >= 15 is 0 Å². The number of quaternary nitrogens is 1. The Hall–Kier alpha value is -1.60. The number of hydrogen-bond acceptors (Lipinski definition) is 3. The quantitative estimate of drug-likeness (QED) is 0.712. The number of piperazine rings is 1. The number of aryl methyl sites for hydroxylation is 1. The van der Waals surface area contributed by atoms with Gasteiger partial charge in [-0.15, -0.1) is 0 Å². The average Bonchev–Trinajstić information content (AvgIpc) is 2.67. The fourth-order valence-corrected chi connectivity index (χ4v) is 4.85. The zero-order chi connectivity index (χ0) is 19.3. The van der Waals surface area contributed by atoms with E-state index in [0.717, 1.165) is 31.6 Å². The van der Waals surface area contributed by atoms with Gasteiger partial charge in [-0.2, -0.15) is 4.31 Å². The highest BCUT2D eigenvalue weighted by Crippen LogP contribution is 2.23. The second-order valence-electron chi connectivity index (χ2n) is 6.85. The van der Waals surface area contributed by atoms with Crippen LogP contribution < -0.4 is 9.64 Å². The number of nitrogens with zero attached hydrogens (tertiary/aromatic N) is 1. The van der Waals surface area contributed by atoms with E-state index in [1.165, 1.54) is 4.90 Å². The topological polar surface area (TPSA) is 51.0 Å². The number of para-hydroxylation sites is 1. The Kier molecular flexibility index (Phi) is 6.76. The number of hydrogen-bond donors (Lipinski definition) is 1. The van der Waals surface area contributed by atoms with Crippen molar-refractivity contribution in [3.8, 4) is 5.75 Å². The molecule has 1 fully saturated rings. The van der Waals surface area contributed by atoms with Gasteiger partial charge < -0.3 is 9.64 Å². The van der Waals surface area contributed by atoms with Gasteiger partial charge in [-0.05, 0) is 31.2 Å². The fraction of sp³-hybridized carbons (Fsp3) is 0.400. The lowest BCUT2D eigenvalue weighted by molar-refractivity contribution is -0.903. The number of nitrogens with one attached hydrogen (secondary N) is 1. The van der Waals surface area contributed by atoms with Crippen LogP contribution in [0.4, 0.5) is 0 Å². The Morgan fingerprint density at radius 1 is 1.07 bits per heavy atom. The lowest BCUT2D eigenvalue weighted by atomic mass is 10.2. The van der Waals surface area contributed by atoms with Gasteiger partial charge in [-0.25, -0.2) is 8.42 Å². The van der Waals surface area contributed by atoms with Crippen LogP contribution in [0.2, 0.25) is 5.02 Å². The van der Waals surface area contributed by atoms with E-state index in [2.05, 4.69) is 0 Å². The second-order valence-corrected chi connectivity index (χ2v) is 9.19. The van der Waals surface area contributed by atoms with Gasteiger partial charge in [0.05, 0.1) is 49.2 Å². The smallest absolute Gasteiger partial charge is 0.243 e. The Bertz CT molecular complexity index is 848. The van der Waals surface area contributed by atoms with Crippen molar-refractivity contribution in [2.75, 3.05) is 39.3 Å². The summed E-state index contributed by atoms with van der Waals surface area (Å²) in [6.45, 7) is 6.26. The highest BCUT2D eigenvalue weighted by Gasteiger charge is 2.30. The van der Waals surface area contributed by atoms with Crippen molar-refractivity contribution in [1.29, 1.82) is 0 Å². The van der Waals surface area contributed by atoms with Gasteiger partial charge in [0.1, 0.15) is 5.75 Å². The third kappa shape index (κ3) is 5.23. The summed E-state index contributed by atoms with van der Waals surface area (Å²) in [5, 5.41) is 0.625. The minimum atomic E-state index is -3.39. The number of sulfonamides is 1. The summed E-state index contributed by atoms with van der Waals surface area (Å²) in [5.74, 6) is 0.711. The summed E-state index contributed by atoms with van der Waals surface area (Å²) in [6.07, 6.45) is 0.908. The maximum atomic E-state index is 12.7. The zero-order valence-electron chi connectivity index (χ0n) is 15.5. The van der Waals surface area contributed by atoms with Gasteiger partial charge in [0.2, 0.25) is 10.0 Å². The molecule has 0 bridgehead atoms. The molecule has 27 heavy (non-hydrogen) atoms. The SMILES string of the molecule is Cc1ccc(S(=O)(=O)N2CC[NH+](CCCOc3ccccc3Cl)CC2)cc1. The van der Waals surface area contributed by atoms with Gasteiger partial charge in [0.15, 0.2) is 0 Å². The van der Waals surface area contributed by atoms with Crippen molar-refractivity contribution in [1.82, 2.24) is 4.31 Å². The van der Waals surface area contributed by atoms with Crippen LogP contribution >= 0.6 is 11.6 Å². The molecule has 1 N–H and O–H groups in total. The fourth-order valence-electron chi connectivity index (χ4n) is 3.22. The number of halogens is 1. The highest BCUT2D eigenvalue weighted by molar-refractivity contribution is 7.89. The lowest BCUT2D eigenvalue weighted by Gasteiger charge is -2.31. The van der Waals surface area contributed by atoms with Gasteiger partial charge in [0.25, 0.3) is 0 Å². The van der Waals surface area contributed by atoms with Crippen LogP contribution in [0.3, 0.4) is 0 Å².